The van der Waals surface area contributed by atoms with E-state index in [1.807, 2.05) is 48.8 Å². The predicted molar refractivity (Wildman–Crippen MR) is 202 cm³/mol. The second-order valence-electron chi connectivity index (χ2n) is 11.5. The average molecular weight is 764 g/mol. The Labute approximate surface area is 277 Å². The Balaban J connectivity index is 0.000000196. The molecule has 7 heteroatoms. The zero-order valence-corrected chi connectivity index (χ0v) is 29.3. The molecule has 0 saturated carbocycles. The number of aromatic nitrogens is 2. The van der Waals surface area contributed by atoms with Crippen molar-refractivity contribution >= 4 is 94.0 Å². The minimum absolute atomic E-state index is 0. The standard InChI is InChI=1S/C15H9BBrN.C15H9Br2N.C4H12Si.CH4.H2/c17-16-12-5-2-1-4-10(12)11-8-9-18-14-7-3-6-13(16)15(11)14;16-12-5-2-1-4-10(12)11-8-9-18-14-7-3-6-13(17)15(11)14;1-5(2,3)4;;/h2*1-9H;1-4H3;1H4;1H/i;;;;1+1. The Morgan fingerprint density at radius 2 is 1.02 bits per heavy atom. The van der Waals surface area contributed by atoms with Crippen LogP contribution in [0.3, 0.4) is 0 Å². The molecule has 214 valence electrons. The number of fused-ring (bicyclic) bond motifs is 3. The molecule has 0 spiro atoms. The van der Waals surface area contributed by atoms with Crippen molar-refractivity contribution in [1.29, 1.82) is 0 Å². The molecule has 1 aliphatic heterocycles. The Hall–Kier alpha value is -2.58. The molecular formula is C35H36BBr3N2Si. The van der Waals surface area contributed by atoms with E-state index in [9.17, 15) is 0 Å². The molecule has 0 aliphatic carbocycles. The lowest BCUT2D eigenvalue weighted by Crippen LogP contribution is -2.41. The van der Waals surface area contributed by atoms with Gasteiger partial charge in [-0.05, 0) is 58.7 Å². The fraction of sp³-hybridized carbons (Fsp3) is 0.143. The van der Waals surface area contributed by atoms with Gasteiger partial charge < -0.3 is 0 Å². The highest BCUT2D eigenvalue weighted by Gasteiger charge is 2.27. The van der Waals surface area contributed by atoms with E-state index in [1.54, 1.807) is 0 Å². The van der Waals surface area contributed by atoms with Gasteiger partial charge in [0.05, 0.1) is 11.0 Å². The van der Waals surface area contributed by atoms with Gasteiger partial charge in [-0.25, -0.2) is 0 Å². The molecule has 3 heterocycles. The quantitative estimate of drug-likeness (QED) is 0.156. The second kappa shape index (κ2) is 13.8. The van der Waals surface area contributed by atoms with Gasteiger partial charge in [0.1, 0.15) is 0 Å². The highest BCUT2D eigenvalue weighted by molar-refractivity contribution is 9.25. The average Bonchev–Trinajstić information content (AvgIpc) is 2.95. The minimum Gasteiger partial charge on any atom is -0.256 e. The summed E-state index contributed by atoms with van der Waals surface area (Å²) >= 11 is 11.0. The lowest BCUT2D eigenvalue weighted by atomic mass is 9.56. The van der Waals surface area contributed by atoms with E-state index in [1.165, 1.54) is 38.6 Å². The number of nitrogens with zero attached hydrogens (tertiary/aromatic N) is 2. The van der Waals surface area contributed by atoms with E-state index in [-0.39, 0.29) is 14.4 Å². The van der Waals surface area contributed by atoms with Gasteiger partial charge in [-0.2, -0.15) is 0 Å². The summed E-state index contributed by atoms with van der Waals surface area (Å²) < 4.78 is 2.16. The number of halogens is 3. The summed E-state index contributed by atoms with van der Waals surface area (Å²) in [7, 11) is -0.611. The van der Waals surface area contributed by atoms with Crippen LogP contribution in [-0.4, -0.2) is 23.6 Å². The Morgan fingerprint density at radius 1 is 0.548 bits per heavy atom. The van der Waals surface area contributed by atoms with Gasteiger partial charge in [0.15, 0.2) is 0 Å². The van der Waals surface area contributed by atoms with E-state index in [0.29, 0.717) is 0 Å². The number of benzene rings is 4. The lowest BCUT2D eigenvalue weighted by molar-refractivity contribution is 1.40. The van der Waals surface area contributed by atoms with Crippen molar-refractivity contribution in [3.63, 3.8) is 0 Å². The summed E-state index contributed by atoms with van der Waals surface area (Å²) in [5.41, 5.74) is 9.94. The van der Waals surface area contributed by atoms with E-state index in [0.717, 1.165) is 25.4 Å². The highest BCUT2D eigenvalue weighted by Crippen LogP contribution is 2.36. The summed E-state index contributed by atoms with van der Waals surface area (Å²) in [5.74, 6) is 0. The molecule has 0 unspecified atom stereocenters. The van der Waals surface area contributed by atoms with Crippen LogP contribution in [0.2, 0.25) is 26.2 Å². The third-order valence-electron chi connectivity index (χ3n) is 6.48. The molecule has 0 saturated heterocycles. The smallest absolute Gasteiger partial charge is 0.256 e. The number of pyridine rings is 2. The Bertz CT molecular complexity index is 1840. The maximum Gasteiger partial charge on any atom is 0.288 e. The van der Waals surface area contributed by atoms with Gasteiger partial charge in [-0.15, -0.1) is 15.8 Å². The number of rotatable bonds is 1. The minimum atomic E-state index is -0.611. The van der Waals surface area contributed by atoms with Crippen molar-refractivity contribution in [1.82, 2.24) is 9.97 Å². The summed E-state index contributed by atoms with van der Waals surface area (Å²) in [5, 5.41) is 2.42. The van der Waals surface area contributed by atoms with Gasteiger partial charge >= 0.3 is 0 Å². The Morgan fingerprint density at radius 3 is 1.67 bits per heavy atom. The first-order valence-electron chi connectivity index (χ1n) is 13.5. The van der Waals surface area contributed by atoms with Crippen LogP contribution < -0.4 is 10.9 Å². The number of hydrogen-bond donors (Lipinski definition) is 0. The number of hydrogen-bond acceptors (Lipinski definition) is 2. The molecule has 1 aliphatic rings. The topological polar surface area (TPSA) is 25.8 Å². The summed E-state index contributed by atoms with van der Waals surface area (Å²) in [6.45, 7) is 9.31. The predicted octanol–water partition coefficient (Wildman–Crippen LogP) is 11.0. The maximum absolute atomic E-state index is 4.47. The fourth-order valence-electron chi connectivity index (χ4n) is 4.87. The summed E-state index contributed by atoms with van der Waals surface area (Å²) in [4.78, 5) is 8.88. The molecular weight excluding hydrogens is 727 g/mol. The van der Waals surface area contributed by atoms with Crippen LogP contribution in [0.15, 0.2) is 118 Å². The first-order valence-corrected chi connectivity index (χ1v) is 20.0. The van der Waals surface area contributed by atoms with Crippen LogP contribution in [0.1, 0.15) is 8.85 Å². The van der Waals surface area contributed by atoms with Crippen LogP contribution in [0.5, 0.6) is 0 Å². The SMILES string of the molecule is BrB1c2ccccc2-c2ccnc3cccc1c23.Brc1ccccc1-c1ccnc2cccc(Br)c12.C.C[Si](C)(C)C.[2HH]. The molecule has 2 aromatic heterocycles. The van der Waals surface area contributed by atoms with Gasteiger partial charge in [-0.1, -0.05) is 137 Å². The third-order valence-corrected chi connectivity index (χ3v) is 8.81. The van der Waals surface area contributed by atoms with E-state index >= 15 is 0 Å². The van der Waals surface area contributed by atoms with Crippen LogP contribution in [-0.2, 0) is 0 Å². The molecule has 0 fully saturated rings. The first kappa shape index (κ1) is 32.3. The van der Waals surface area contributed by atoms with Crippen LogP contribution in [0, 0.1) is 0 Å². The normalized spacial score (nSPS) is 11.5. The molecule has 0 amide bonds. The molecule has 0 bridgehead atoms. The second-order valence-corrected chi connectivity index (χ2v) is 20.1. The monoisotopic (exact) mass is 761 g/mol. The van der Waals surface area contributed by atoms with Gasteiger partial charge in [0.25, 0.3) is 5.54 Å². The van der Waals surface area contributed by atoms with Crippen molar-refractivity contribution in [2.24, 2.45) is 0 Å². The zero-order valence-electron chi connectivity index (χ0n) is 23.5. The molecule has 7 rings (SSSR count). The van der Waals surface area contributed by atoms with Crippen LogP contribution >= 0.6 is 47.6 Å². The molecule has 0 radical (unpaired) electrons. The summed E-state index contributed by atoms with van der Waals surface area (Å²) in [6, 6.07) is 33.4. The third kappa shape index (κ3) is 7.13. The highest BCUT2D eigenvalue weighted by atomic mass is 79.9. The van der Waals surface area contributed by atoms with Crippen molar-refractivity contribution in [3.8, 4) is 22.3 Å². The van der Waals surface area contributed by atoms with Crippen molar-refractivity contribution in [2.45, 2.75) is 33.6 Å². The van der Waals surface area contributed by atoms with Crippen molar-refractivity contribution < 1.29 is 1.43 Å². The molecule has 0 N–H and O–H groups in total. The van der Waals surface area contributed by atoms with Crippen LogP contribution in [0.25, 0.3) is 44.1 Å². The largest absolute Gasteiger partial charge is 0.288 e. The molecule has 6 aromatic rings. The lowest BCUT2D eigenvalue weighted by Gasteiger charge is -2.22. The molecule has 2 nitrogen and oxygen atoms in total. The molecule has 42 heavy (non-hydrogen) atoms. The van der Waals surface area contributed by atoms with Crippen LogP contribution in [0.4, 0.5) is 0 Å². The van der Waals surface area contributed by atoms with E-state index in [2.05, 4.69) is 144 Å². The Kier molecular flexibility index (Phi) is 10.6. The fourth-order valence-corrected chi connectivity index (χ4v) is 6.72. The zero-order chi connectivity index (χ0) is 29.1. The summed E-state index contributed by atoms with van der Waals surface area (Å²) in [6.07, 6.45) is 3.75. The molecule has 4 aromatic carbocycles. The van der Waals surface area contributed by atoms with Gasteiger partial charge in [0.2, 0.25) is 0 Å². The van der Waals surface area contributed by atoms with Crippen molar-refractivity contribution in [2.75, 3.05) is 0 Å². The first-order chi connectivity index (χ1) is 19.6. The molecule has 0 atom stereocenters. The maximum atomic E-state index is 4.47. The van der Waals surface area contributed by atoms with E-state index < -0.39 is 8.07 Å². The van der Waals surface area contributed by atoms with Crippen molar-refractivity contribution in [3.05, 3.63) is 118 Å². The van der Waals surface area contributed by atoms with E-state index in [4.69, 9.17) is 0 Å². The van der Waals surface area contributed by atoms with Gasteiger partial charge in [-0.3, -0.25) is 9.97 Å². The van der Waals surface area contributed by atoms with Gasteiger partial charge in [0, 0.05) is 41.6 Å².